The molecule has 41 heavy (non-hydrogen) atoms. The normalized spacial score (nSPS) is 12.1. The number of pyridine rings is 1. The molecular formula is C32H17F6N3. The summed E-state index contributed by atoms with van der Waals surface area (Å²) in [5, 5.41) is 11.1. The van der Waals surface area contributed by atoms with E-state index in [1.807, 2.05) is 12.1 Å². The van der Waals surface area contributed by atoms with E-state index >= 15 is 0 Å². The van der Waals surface area contributed by atoms with Crippen LogP contribution in [0.4, 0.5) is 26.3 Å². The average Bonchev–Trinajstić information content (AvgIpc) is 3.31. The van der Waals surface area contributed by atoms with Crippen LogP contribution in [0.5, 0.6) is 0 Å². The lowest BCUT2D eigenvalue weighted by Crippen LogP contribution is -2.12. The number of benzene rings is 4. The van der Waals surface area contributed by atoms with Crippen LogP contribution in [-0.4, -0.2) is 9.55 Å². The van der Waals surface area contributed by atoms with Gasteiger partial charge in [-0.1, -0.05) is 42.5 Å². The van der Waals surface area contributed by atoms with Crippen molar-refractivity contribution in [1.29, 1.82) is 5.26 Å². The summed E-state index contributed by atoms with van der Waals surface area (Å²) < 4.78 is 84.7. The fraction of sp³-hybridized carbons (Fsp3) is 0.0625. The molecule has 2 heterocycles. The van der Waals surface area contributed by atoms with Crippen LogP contribution in [0, 0.1) is 11.3 Å². The molecule has 0 unspecified atom stereocenters. The number of hydrogen-bond donors (Lipinski definition) is 0. The summed E-state index contributed by atoms with van der Waals surface area (Å²) in [6.45, 7) is 0. The largest absolute Gasteiger partial charge is 0.417 e. The van der Waals surface area contributed by atoms with E-state index in [4.69, 9.17) is 0 Å². The minimum Gasteiger partial charge on any atom is -0.309 e. The molecule has 0 radical (unpaired) electrons. The van der Waals surface area contributed by atoms with Crippen LogP contribution in [0.2, 0.25) is 0 Å². The molecule has 0 N–H and O–H groups in total. The van der Waals surface area contributed by atoms with Crippen molar-refractivity contribution in [2.24, 2.45) is 0 Å². The maximum atomic E-state index is 14.2. The first-order valence-corrected chi connectivity index (χ1v) is 12.3. The van der Waals surface area contributed by atoms with Gasteiger partial charge >= 0.3 is 12.4 Å². The van der Waals surface area contributed by atoms with Crippen molar-refractivity contribution in [3.63, 3.8) is 0 Å². The van der Waals surface area contributed by atoms with E-state index in [2.05, 4.69) is 11.1 Å². The first-order chi connectivity index (χ1) is 19.6. The number of para-hydroxylation sites is 2. The quantitative estimate of drug-likeness (QED) is 0.204. The molecule has 0 saturated heterocycles. The van der Waals surface area contributed by atoms with E-state index in [0.717, 1.165) is 17.0 Å². The van der Waals surface area contributed by atoms with Gasteiger partial charge in [0.2, 0.25) is 0 Å². The number of nitriles is 1. The number of fused-ring (bicyclic) bond motifs is 3. The number of rotatable bonds is 3. The standard InChI is InChI=1S/C32H17F6N3/c33-31(34,35)21-9-11-23(28(16-21)32(36,37)38)25-5-3-6-26-24-4-1-2-7-29(24)41(30(25)26)22-10-8-20(18-39)27(17-22)19-12-14-40-15-13-19/h1-17H. The molecule has 0 aliphatic carbocycles. The van der Waals surface area contributed by atoms with E-state index in [1.165, 1.54) is 6.07 Å². The van der Waals surface area contributed by atoms with Gasteiger partial charge in [0.1, 0.15) is 0 Å². The number of hydrogen-bond acceptors (Lipinski definition) is 2. The molecule has 0 aliphatic heterocycles. The Bertz CT molecular complexity index is 1980. The Labute approximate surface area is 229 Å². The predicted octanol–water partition coefficient (Wildman–Crippen LogP) is 9.42. The van der Waals surface area contributed by atoms with Crippen LogP contribution < -0.4 is 0 Å². The van der Waals surface area contributed by atoms with Crippen LogP contribution in [0.25, 0.3) is 49.7 Å². The highest BCUT2D eigenvalue weighted by atomic mass is 19.4. The van der Waals surface area contributed by atoms with Crippen molar-refractivity contribution in [2.75, 3.05) is 0 Å². The van der Waals surface area contributed by atoms with Crippen molar-refractivity contribution >= 4 is 21.8 Å². The molecule has 0 spiro atoms. The summed E-state index contributed by atoms with van der Waals surface area (Å²) >= 11 is 0. The van der Waals surface area contributed by atoms with Gasteiger partial charge in [0.25, 0.3) is 0 Å². The number of aromatic nitrogens is 2. The second-order valence-corrected chi connectivity index (χ2v) is 9.39. The van der Waals surface area contributed by atoms with E-state index in [9.17, 15) is 31.6 Å². The van der Waals surface area contributed by atoms with Gasteiger partial charge in [0.15, 0.2) is 0 Å². The zero-order valence-corrected chi connectivity index (χ0v) is 20.9. The monoisotopic (exact) mass is 557 g/mol. The van der Waals surface area contributed by atoms with Gasteiger partial charge in [-0.15, -0.1) is 0 Å². The van der Waals surface area contributed by atoms with Gasteiger partial charge in [-0.05, 0) is 59.7 Å². The maximum absolute atomic E-state index is 14.2. The molecule has 0 amide bonds. The zero-order valence-electron chi connectivity index (χ0n) is 20.9. The molecule has 0 aliphatic rings. The van der Waals surface area contributed by atoms with Crippen molar-refractivity contribution in [2.45, 2.75) is 12.4 Å². The second-order valence-electron chi connectivity index (χ2n) is 9.39. The summed E-state index contributed by atoms with van der Waals surface area (Å²) in [5.41, 5.74) is 0.341. The Kier molecular flexibility index (Phi) is 6.07. The Hall–Kier alpha value is -5.10. The van der Waals surface area contributed by atoms with E-state index in [0.29, 0.717) is 39.3 Å². The summed E-state index contributed by atoms with van der Waals surface area (Å²) in [4.78, 5) is 4.02. The lowest BCUT2D eigenvalue weighted by Gasteiger charge is -2.18. The minimum atomic E-state index is -5.04. The lowest BCUT2D eigenvalue weighted by atomic mass is 9.95. The van der Waals surface area contributed by atoms with Crippen LogP contribution in [-0.2, 0) is 12.4 Å². The summed E-state index contributed by atoms with van der Waals surface area (Å²) in [6.07, 6.45) is -6.81. The third-order valence-electron chi connectivity index (χ3n) is 7.01. The predicted molar refractivity (Wildman–Crippen MR) is 144 cm³/mol. The van der Waals surface area contributed by atoms with Gasteiger partial charge < -0.3 is 4.57 Å². The summed E-state index contributed by atoms with van der Waals surface area (Å²) in [5.74, 6) is 0. The Morgan fingerprint density at radius 3 is 2.10 bits per heavy atom. The number of nitrogens with zero attached hydrogens (tertiary/aromatic N) is 3. The molecule has 202 valence electrons. The first-order valence-electron chi connectivity index (χ1n) is 12.3. The maximum Gasteiger partial charge on any atom is 0.417 e. The van der Waals surface area contributed by atoms with Crippen molar-refractivity contribution in [3.05, 3.63) is 120 Å². The third kappa shape index (κ3) is 4.47. The van der Waals surface area contributed by atoms with Gasteiger partial charge in [-0.2, -0.15) is 31.6 Å². The zero-order chi connectivity index (χ0) is 28.9. The van der Waals surface area contributed by atoms with Crippen molar-refractivity contribution < 1.29 is 26.3 Å². The van der Waals surface area contributed by atoms with Crippen molar-refractivity contribution in [1.82, 2.24) is 9.55 Å². The molecule has 9 heteroatoms. The Morgan fingerprint density at radius 1 is 0.659 bits per heavy atom. The van der Waals surface area contributed by atoms with Crippen LogP contribution in [0.3, 0.4) is 0 Å². The fourth-order valence-electron chi connectivity index (χ4n) is 5.23. The van der Waals surface area contributed by atoms with Crippen LogP contribution in [0.1, 0.15) is 16.7 Å². The van der Waals surface area contributed by atoms with Crippen LogP contribution in [0.15, 0.2) is 103 Å². The van der Waals surface area contributed by atoms with Gasteiger partial charge in [-0.3, -0.25) is 4.98 Å². The van der Waals surface area contributed by atoms with E-state index in [-0.39, 0.29) is 17.2 Å². The molecule has 3 nitrogen and oxygen atoms in total. The number of halogens is 6. The highest BCUT2D eigenvalue weighted by Gasteiger charge is 2.39. The van der Waals surface area contributed by atoms with Crippen LogP contribution >= 0.6 is 0 Å². The molecule has 0 atom stereocenters. The summed E-state index contributed by atoms with van der Waals surface area (Å²) in [6, 6.07) is 24.6. The van der Waals surface area contributed by atoms with Gasteiger partial charge in [0, 0.05) is 40.0 Å². The first kappa shape index (κ1) is 26.1. The smallest absolute Gasteiger partial charge is 0.309 e. The number of alkyl halides is 6. The van der Waals surface area contributed by atoms with E-state index < -0.39 is 23.5 Å². The molecule has 0 bridgehead atoms. The third-order valence-corrected chi connectivity index (χ3v) is 7.01. The highest BCUT2D eigenvalue weighted by molar-refractivity contribution is 6.14. The molecule has 0 saturated carbocycles. The molecular weight excluding hydrogens is 540 g/mol. The van der Waals surface area contributed by atoms with Gasteiger partial charge in [-0.25, -0.2) is 0 Å². The molecule has 2 aromatic heterocycles. The molecule has 6 aromatic rings. The Morgan fingerprint density at radius 2 is 1.39 bits per heavy atom. The SMILES string of the molecule is N#Cc1ccc(-n2c3ccccc3c3cccc(-c4ccc(C(F)(F)F)cc4C(F)(F)F)c32)cc1-c1ccncc1. The lowest BCUT2D eigenvalue weighted by molar-refractivity contribution is -0.142. The Balaban J connectivity index is 1.71. The van der Waals surface area contributed by atoms with Gasteiger partial charge in [0.05, 0.1) is 33.8 Å². The van der Waals surface area contributed by atoms with E-state index in [1.54, 1.807) is 71.6 Å². The highest BCUT2D eigenvalue weighted by Crippen LogP contribution is 2.45. The second kappa shape index (κ2) is 9.52. The molecule has 6 rings (SSSR count). The topological polar surface area (TPSA) is 41.6 Å². The minimum absolute atomic E-state index is 0.120. The average molecular weight is 557 g/mol. The fourth-order valence-corrected chi connectivity index (χ4v) is 5.23. The molecule has 4 aromatic carbocycles. The summed E-state index contributed by atoms with van der Waals surface area (Å²) in [7, 11) is 0. The molecule has 0 fully saturated rings. The van der Waals surface area contributed by atoms with Crippen molar-refractivity contribution in [3.8, 4) is 34.0 Å².